The summed E-state index contributed by atoms with van der Waals surface area (Å²) in [5, 5.41) is 17.4. The zero-order valence-corrected chi connectivity index (χ0v) is 17.1. The molecule has 11 heteroatoms. The lowest BCUT2D eigenvalue weighted by Gasteiger charge is -2.13. The van der Waals surface area contributed by atoms with E-state index in [-0.39, 0.29) is 24.6 Å². The predicted octanol–water partition coefficient (Wildman–Crippen LogP) is 3.64. The molecular formula is C18H15F3IN3O4. The Morgan fingerprint density at radius 3 is 2.59 bits per heavy atom. The highest BCUT2D eigenvalue weighted by Gasteiger charge is 2.23. The Kier molecular flexibility index (Phi) is 7.82. The van der Waals surface area contributed by atoms with Gasteiger partial charge < -0.3 is 20.6 Å². The van der Waals surface area contributed by atoms with Crippen LogP contribution < -0.4 is 10.6 Å². The fraction of sp³-hybridized carbons (Fsp3) is 0.167. The number of amides is 1. The van der Waals surface area contributed by atoms with Crippen LogP contribution >= 0.6 is 22.6 Å². The summed E-state index contributed by atoms with van der Waals surface area (Å²) in [7, 11) is 1.44. The Bertz CT molecular complexity index is 970. The van der Waals surface area contributed by atoms with Gasteiger partial charge in [0.25, 0.3) is 0 Å². The van der Waals surface area contributed by atoms with Crippen molar-refractivity contribution in [1.82, 2.24) is 5.32 Å². The van der Waals surface area contributed by atoms with Crippen molar-refractivity contribution in [1.29, 1.82) is 0 Å². The van der Waals surface area contributed by atoms with Crippen LogP contribution in [0.5, 0.6) is 0 Å². The van der Waals surface area contributed by atoms with Gasteiger partial charge in [-0.25, -0.2) is 18.0 Å². The summed E-state index contributed by atoms with van der Waals surface area (Å²) in [5.41, 5.74) is -2.07. The molecule has 0 saturated heterocycles. The second-order valence-electron chi connectivity index (χ2n) is 5.56. The van der Waals surface area contributed by atoms with E-state index in [0.29, 0.717) is 3.57 Å². The molecule has 2 rings (SSSR count). The number of carbonyl (C=O) groups is 2. The Morgan fingerprint density at radius 1 is 1.24 bits per heavy atom. The maximum absolute atomic E-state index is 14.5. The highest BCUT2D eigenvalue weighted by molar-refractivity contribution is 14.1. The Morgan fingerprint density at radius 2 is 1.97 bits per heavy atom. The predicted molar refractivity (Wildman–Crippen MR) is 108 cm³/mol. The minimum atomic E-state index is -1.56. The van der Waals surface area contributed by atoms with Crippen LogP contribution in [0, 0.1) is 21.0 Å². The van der Waals surface area contributed by atoms with Crippen molar-refractivity contribution in [2.24, 2.45) is 5.16 Å². The van der Waals surface area contributed by atoms with E-state index in [4.69, 9.17) is 4.84 Å². The van der Waals surface area contributed by atoms with Gasteiger partial charge in [0.2, 0.25) is 5.91 Å². The molecule has 0 fully saturated rings. The standard InChI is InChI=1S/C18H15F3IN3O4/c1-23-14(26)4-5-29-24-8-9-6-11(18(27)28)17(16(21)15(9)20)25-13-3-2-10(22)7-12(13)19/h2-3,6-8,25H,4-5H2,1H3,(H,23,26)(H,27,28)/b24-8+. The molecule has 0 radical (unpaired) electrons. The smallest absolute Gasteiger partial charge is 0.337 e. The number of nitrogens with one attached hydrogen (secondary N) is 2. The van der Waals surface area contributed by atoms with Crippen LogP contribution in [-0.2, 0) is 9.63 Å². The van der Waals surface area contributed by atoms with Crippen molar-refractivity contribution < 1.29 is 32.7 Å². The van der Waals surface area contributed by atoms with Gasteiger partial charge in [-0.3, -0.25) is 4.79 Å². The van der Waals surface area contributed by atoms with Gasteiger partial charge in [-0.15, -0.1) is 0 Å². The number of carboxylic acids is 1. The van der Waals surface area contributed by atoms with Gasteiger partial charge in [0, 0.05) is 16.2 Å². The average Bonchev–Trinajstić information content (AvgIpc) is 2.67. The maximum atomic E-state index is 14.5. The highest BCUT2D eigenvalue weighted by atomic mass is 127. The molecular weight excluding hydrogens is 506 g/mol. The minimum Gasteiger partial charge on any atom is -0.478 e. The number of nitrogens with zero attached hydrogens (tertiary/aromatic N) is 1. The third-order valence-electron chi connectivity index (χ3n) is 3.62. The van der Waals surface area contributed by atoms with Gasteiger partial charge in [0.05, 0.1) is 29.6 Å². The van der Waals surface area contributed by atoms with Crippen LogP contribution in [0.4, 0.5) is 24.5 Å². The molecule has 3 N–H and O–H groups in total. The van der Waals surface area contributed by atoms with E-state index in [1.165, 1.54) is 19.2 Å². The molecule has 0 aliphatic heterocycles. The Labute approximate surface area is 177 Å². The molecule has 2 aromatic carbocycles. The van der Waals surface area contributed by atoms with Crippen molar-refractivity contribution in [2.45, 2.75) is 6.42 Å². The topological polar surface area (TPSA) is 100 Å². The molecule has 0 bridgehead atoms. The first kappa shape index (κ1) is 22.5. The number of carbonyl (C=O) groups excluding carboxylic acids is 1. The van der Waals surface area contributed by atoms with E-state index in [9.17, 15) is 27.9 Å². The lowest BCUT2D eigenvalue weighted by Crippen LogP contribution is -2.18. The van der Waals surface area contributed by atoms with Gasteiger partial charge in [-0.05, 0) is 46.9 Å². The zero-order chi connectivity index (χ0) is 21.6. The number of rotatable bonds is 8. The maximum Gasteiger partial charge on any atom is 0.337 e. The summed E-state index contributed by atoms with van der Waals surface area (Å²) in [6.45, 7) is -0.113. The summed E-state index contributed by atoms with van der Waals surface area (Å²) >= 11 is 1.87. The van der Waals surface area contributed by atoms with Crippen molar-refractivity contribution in [3.05, 3.63) is 56.4 Å². The fourth-order valence-corrected chi connectivity index (χ4v) is 2.62. The van der Waals surface area contributed by atoms with Crippen LogP contribution in [0.15, 0.2) is 29.4 Å². The first-order chi connectivity index (χ1) is 13.7. The van der Waals surface area contributed by atoms with E-state index in [1.807, 2.05) is 22.6 Å². The highest BCUT2D eigenvalue weighted by Crippen LogP contribution is 2.30. The third-order valence-corrected chi connectivity index (χ3v) is 4.29. The molecule has 7 nitrogen and oxygen atoms in total. The molecule has 2 aromatic rings. The van der Waals surface area contributed by atoms with E-state index >= 15 is 0 Å². The van der Waals surface area contributed by atoms with Crippen LogP contribution in [0.25, 0.3) is 0 Å². The van der Waals surface area contributed by atoms with Crippen LogP contribution in [0.2, 0.25) is 0 Å². The molecule has 0 saturated carbocycles. The van der Waals surface area contributed by atoms with E-state index < -0.39 is 40.2 Å². The number of benzene rings is 2. The number of hydrogen-bond acceptors (Lipinski definition) is 5. The minimum absolute atomic E-state index is 0.00447. The average molecular weight is 521 g/mol. The summed E-state index contributed by atoms with van der Waals surface area (Å²) < 4.78 is 43.5. The fourth-order valence-electron chi connectivity index (χ4n) is 2.17. The SMILES string of the molecule is CNC(=O)CCO/N=C/c1cc(C(=O)O)c(Nc2ccc(I)cc2F)c(F)c1F. The lowest BCUT2D eigenvalue weighted by molar-refractivity contribution is -0.121. The number of carboxylic acid groups (broad SMARTS) is 1. The van der Waals surface area contributed by atoms with Gasteiger partial charge >= 0.3 is 5.97 Å². The summed E-state index contributed by atoms with van der Waals surface area (Å²) in [6, 6.07) is 4.77. The number of oxime groups is 1. The van der Waals surface area contributed by atoms with Crippen LogP contribution in [0.1, 0.15) is 22.3 Å². The summed E-state index contributed by atoms with van der Waals surface area (Å²) in [5.74, 6) is -5.55. The largest absolute Gasteiger partial charge is 0.478 e. The molecule has 0 aliphatic rings. The van der Waals surface area contributed by atoms with Gasteiger partial charge in [-0.2, -0.15) is 0 Å². The van der Waals surface area contributed by atoms with Crippen molar-refractivity contribution in [3.63, 3.8) is 0 Å². The lowest BCUT2D eigenvalue weighted by atomic mass is 10.1. The first-order valence-electron chi connectivity index (χ1n) is 8.07. The molecule has 29 heavy (non-hydrogen) atoms. The van der Waals surface area contributed by atoms with Crippen molar-refractivity contribution >= 4 is 52.1 Å². The summed E-state index contributed by atoms with van der Waals surface area (Å²) in [6.07, 6.45) is 0.777. The third kappa shape index (κ3) is 5.82. The summed E-state index contributed by atoms with van der Waals surface area (Å²) in [4.78, 5) is 27.3. The normalized spacial score (nSPS) is 10.8. The Balaban J connectivity index is 2.31. The van der Waals surface area contributed by atoms with E-state index in [2.05, 4.69) is 15.8 Å². The second kappa shape index (κ2) is 10.1. The quantitative estimate of drug-likeness (QED) is 0.213. The molecule has 1 amide bonds. The zero-order valence-electron chi connectivity index (χ0n) is 14.9. The molecule has 0 unspecified atom stereocenters. The molecule has 154 valence electrons. The number of aromatic carboxylic acids is 1. The van der Waals surface area contributed by atoms with E-state index in [1.54, 1.807) is 0 Å². The van der Waals surface area contributed by atoms with Gasteiger partial charge in [0.15, 0.2) is 11.6 Å². The molecule has 0 atom stereocenters. The molecule has 0 aromatic heterocycles. The van der Waals surface area contributed by atoms with E-state index in [0.717, 1.165) is 18.3 Å². The number of halogens is 4. The van der Waals surface area contributed by atoms with Crippen LogP contribution in [-0.4, -0.2) is 36.9 Å². The molecule has 0 spiro atoms. The van der Waals surface area contributed by atoms with Crippen molar-refractivity contribution in [3.8, 4) is 0 Å². The van der Waals surface area contributed by atoms with Gasteiger partial charge in [-0.1, -0.05) is 5.16 Å². The Hall–Kier alpha value is -2.83. The van der Waals surface area contributed by atoms with Gasteiger partial charge in [0.1, 0.15) is 12.4 Å². The number of anilines is 2. The first-order valence-corrected chi connectivity index (χ1v) is 9.15. The molecule has 0 aliphatic carbocycles. The second-order valence-corrected chi connectivity index (χ2v) is 6.81. The van der Waals surface area contributed by atoms with Crippen LogP contribution in [0.3, 0.4) is 0 Å². The number of hydrogen-bond donors (Lipinski definition) is 3. The van der Waals surface area contributed by atoms with Crippen molar-refractivity contribution in [2.75, 3.05) is 19.0 Å². The molecule has 0 heterocycles. The monoisotopic (exact) mass is 521 g/mol.